The van der Waals surface area contributed by atoms with Crippen LogP contribution in [0.2, 0.25) is 0 Å². The molecule has 0 saturated carbocycles. The van der Waals surface area contributed by atoms with Gasteiger partial charge in [0.2, 0.25) is 0 Å². The van der Waals surface area contributed by atoms with Crippen molar-refractivity contribution in [1.82, 2.24) is 0 Å². The summed E-state index contributed by atoms with van der Waals surface area (Å²) in [4.78, 5) is 0. The van der Waals surface area contributed by atoms with E-state index in [9.17, 15) is 14.0 Å². The molecule has 0 aromatic rings. The summed E-state index contributed by atoms with van der Waals surface area (Å²) in [6, 6.07) is 0. The molecule has 0 spiro atoms. The molecule has 6 heteroatoms. The molecule has 0 aromatic heterocycles. The van der Waals surface area contributed by atoms with Gasteiger partial charge in [-0.2, -0.15) is 0 Å². The van der Waals surface area contributed by atoms with E-state index in [0.717, 1.165) is 0 Å². The summed E-state index contributed by atoms with van der Waals surface area (Å²) in [6.45, 7) is 0. The van der Waals surface area contributed by atoms with E-state index in [1.54, 1.807) is 0 Å². The predicted molar refractivity (Wildman–Crippen MR) is 6.84 cm³/mol. The van der Waals surface area contributed by atoms with E-state index in [0.29, 0.717) is 0 Å². The predicted octanol–water partition coefficient (Wildman–Crippen LogP) is -4.02. The van der Waals surface area contributed by atoms with Gasteiger partial charge in [0.1, 0.15) is 0 Å². The zero-order chi connectivity index (χ0) is 5.21. The Balaban J connectivity index is 3.17. The van der Waals surface area contributed by atoms with Gasteiger partial charge in [0, 0.05) is 0 Å². The van der Waals surface area contributed by atoms with Crippen LogP contribution in [0.3, 0.4) is 0 Å². The zero-order valence-corrected chi connectivity index (χ0v) is 7.15. The van der Waals surface area contributed by atoms with Crippen LogP contribution in [0.1, 0.15) is 0 Å². The summed E-state index contributed by atoms with van der Waals surface area (Å²) < 4.78 is 31.2. The Kier molecular flexibility index (Phi) is 2.80. The van der Waals surface area contributed by atoms with Crippen LogP contribution in [-0.2, 0) is 2.24 Å². The molecular weight excluding hydrogens is 307 g/mol. The molecule has 0 aromatic carbocycles. The molecule has 0 saturated heterocycles. The average Bonchev–Trinajstić information content (AvgIpc) is 1.35. The Morgan fingerprint density at radius 2 is 1.50 bits per heavy atom. The van der Waals surface area contributed by atoms with E-state index < -0.39 is 10.2 Å². The van der Waals surface area contributed by atoms with Crippen molar-refractivity contribution in [1.29, 1.82) is 0 Å². The van der Waals surface area contributed by atoms with Crippen molar-refractivity contribution in [2.45, 2.75) is 0 Å². The van der Waals surface area contributed by atoms with Crippen molar-refractivity contribution >= 4 is 26.2 Å². The number of hydrogen-bond donors (Lipinski definition) is 0. The molecule has 0 aliphatic carbocycles. The Bertz CT molecular complexity index is 37.3. The third kappa shape index (κ3) is 5.05. The summed E-state index contributed by atoms with van der Waals surface area (Å²) in [6.07, 6.45) is 0. The molecule has 0 amide bonds. The summed E-state index contributed by atoms with van der Waals surface area (Å²) >= 11 is -0.0648. The first-order valence-electron chi connectivity index (χ1n) is 0.821. The molecule has 0 heterocycles. The Labute approximate surface area is 52.8 Å². The third-order valence-electron chi connectivity index (χ3n) is 0.0945. The van der Waals surface area contributed by atoms with Crippen LogP contribution < -0.4 is 14.0 Å². The number of halogens is 1. The minimum absolute atomic E-state index is 0.0648. The van der Waals surface area contributed by atoms with Gasteiger partial charge in [-0.15, -0.1) is 0 Å². The van der Waals surface area contributed by atoms with Crippen molar-refractivity contribution in [2.75, 3.05) is 0 Å². The molecule has 3 radical (unpaired) electrons. The van der Waals surface area contributed by atoms with Gasteiger partial charge in [0.15, 0.2) is 0 Å². The van der Waals surface area contributed by atoms with Crippen molar-refractivity contribution in [3.63, 3.8) is 0 Å². The van der Waals surface area contributed by atoms with E-state index in [-0.39, 0.29) is 26.2 Å². The van der Waals surface area contributed by atoms with Crippen LogP contribution in [0, 0.1) is 10.2 Å². The maximum atomic E-state index is 9.23. The summed E-state index contributed by atoms with van der Waals surface area (Å²) in [7, 11) is -4.12. The van der Waals surface area contributed by atoms with Gasteiger partial charge >= 0.3 is 52.7 Å². The molecule has 4 nitrogen and oxygen atoms in total. The Hall–Kier alpha value is 1.05. The van der Waals surface area contributed by atoms with Gasteiger partial charge in [-0.25, -0.2) is 0 Å². The maximum absolute atomic E-state index is 9.23. The first kappa shape index (κ1) is 7.05. The zero-order valence-electron chi connectivity index (χ0n) is 2.51. The molecule has 0 aliphatic heterocycles. The van der Waals surface area contributed by atoms with E-state index >= 15 is 0 Å². The first-order valence-corrected chi connectivity index (χ1v) is 3.64. The van der Waals surface area contributed by atoms with Crippen LogP contribution in [0.15, 0.2) is 0 Å². The van der Waals surface area contributed by atoms with E-state index in [4.69, 9.17) is 0 Å². The van der Waals surface area contributed by atoms with Crippen molar-refractivity contribution < 1.29 is 26.5 Å². The Morgan fingerprint density at radius 1 is 1.33 bits per heavy atom. The van der Waals surface area contributed by atoms with Gasteiger partial charge in [-0.05, 0) is 0 Å². The van der Waals surface area contributed by atoms with Gasteiger partial charge in [0.05, 0.1) is 0 Å². The second-order valence-corrected chi connectivity index (χ2v) is 3.16. The van der Waals surface area contributed by atoms with Crippen LogP contribution >= 0.6 is 0 Å². The van der Waals surface area contributed by atoms with Gasteiger partial charge in [-0.1, -0.05) is 0 Å². The normalized spacial score (nSPS) is 12.0. The quantitative estimate of drug-likeness (QED) is 0.462. The third-order valence-corrected chi connectivity index (χ3v) is 2.49. The Morgan fingerprint density at radius 3 is 1.50 bits per heavy atom. The summed E-state index contributed by atoms with van der Waals surface area (Å²) in [5.74, 6) is 0. The number of rotatable bonds is 1. The SMILES string of the molecule is [O-][Cl+3]([O-])([O-])[O][Pb]. The molecule has 6 heavy (non-hydrogen) atoms. The van der Waals surface area contributed by atoms with Crippen LogP contribution in [-0.4, -0.2) is 26.2 Å². The standard InChI is InChI=1S/ClHO4.Pb/c2-1(3,4)5;/h(H,2,3,4,5);/q;+1/p-1. The molecule has 35 valence electrons. The van der Waals surface area contributed by atoms with Gasteiger partial charge in [0.25, 0.3) is 0 Å². The molecule has 0 aliphatic rings. The summed E-state index contributed by atoms with van der Waals surface area (Å²) in [5, 5.41) is 0. The molecule has 0 atom stereocenters. The average molecular weight is 307 g/mol. The first-order chi connectivity index (χ1) is 2.56. The second kappa shape index (κ2) is 2.38. The van der Waals surface area contributed by atoms with Crippen LogP contribution in [0.25, 0.3) is 0 Å². The van der Waals surface area contributed by atoms with E-state index in [1.807, 2.05) is 0 Å². The van der Waals surface area contributed by atoms with Gasteiger partial charge < -0.3 is 0 Å². The van der Waals surface area contributed by atoms with Gasteiger partial charge in [-0.3, -0.25) is 0 Å². The molecule has 0 N–H and O–H groups in total. The number of hydrogen-bond acceptors (Lipinski definition) is 4. The molecule has 0 bridgehead atoms. The van der Waals surface area contributed by atoms with Crippen LogP contribution in [0.4, 0.5) is 0 Å². The fourth-order valence-corrected chi connectivity index (χ4v) is 0. The van der Waals surface area contributed by atoms with Crippen molar-refractivity contribution in [3.8, 4) is 0 Å². The monoisotopic (exact) mass is 307 g/mol. The molecule has 0 unspecified atom stereocenters. The van der Waals surface area contributed by atoms with Crippen molar-refractivity contribution in [2.24, 2.45) is 0 Å². The molecule has 0 fully saturated rings. The van der Waals surface area contributed by atoms with Crippen molar-refractivity contribution in [3.05, 3.63) is 0 Å². The summed E-state index contributed by atoms with van der Waals surface area (Å²) in [5.41, 5.74) is 0. The fraction of sp³-hybridized carbons (Fsp3) is 0. The minimum atomic E-state index is -4.12. The fourth-order valence-electron chi connectivity index (χ4n) is 0. The van der Waals surface area contributed by atoms with E-state index in [2.05, 4.69) is 2.24 Å². The van der Waals surface area contributed by atoms with E-state index in [1.165, 1.54) is 0 Å². The second-order valence-electron chi connectivity index (χ2n) is 0.455. The topological polar surface area (TPSA) is 78.4 Å². The molecule has 0 rings (SSSR count). The van der Waals surface area contributed by atoms with Crippen LogP contribution in [0.5, 0.6) is 0 Å². The molecular formula is ClO4Pb.